The third-order valence-corrected chi connectivity index (χ3v) is 2.29. The second-order valence-electron chi connectivity index (χ2n) is 3.77. The molecule has 0 spiro atoms. The zero-order valence-corrected chi connectivity index (χ0v) is 9.58. The van der Waals surface area contributed by atoms with E-state index in [-0.39, 0.29) is 0 Å². The molecule has 0 aromatic heterocycles. The maximum absolute atomic E-state index is 5.64. The van der Waals surface area contributed by atoms with Crippen LogP contribution in [0.15, 0.2) is 4.99 Å². The Hall–Kier alpha value is -0.810. The zero-order valence-electron chi connectivity index (χ0n) is 9.58. The number of nitrogens with zero attached hydrogens (tertiary/aromatic N) is 1. The van der Waals surface area contributed by atoms with Crippen molar-refractivity contribution in [2.75, 3.05) is 26.3 Å². The second kappa shape index (κ2) is 5.92. The summed E-state index contributed by atoms with van der Waals surface area (Å²) in [6.45, 7) is 6.85. The molecule has 15 heavy (non-hydrogen) atoms. The lowest BCUT2D eigenvalue weighted by atomic mass is 10.2. The smallest absolute Gasteiger partial charge is 0.188 e. The Kier molecular flexibility index (Phi) is 4.84. The Labute approximate surface area is 91.0 Å². The van der Waals surface area contributed by atoms with E-state index in [0.29, 0.717) is 19.2 Å². The van der Waals surface area contributed by atoms with Crippen LogP contribution < -0.4 is 11.1 Å². The molecule has 1 rings (SSSR count). The predicted molar refractivity (Wildman–Crippen MR) is 59.7 cm³/mol. The van der Waals surface area contributed by atoms with Gasteiger partial charge in [-0.25, -0.2) is 0 Å². The fraction of sp³-hybridized carbons (Fsp3) is 0.900. The van der Waals surface area contributed by atoms with Crippen molar-refractivity contribution >= 4 is 5.96 Å². The van der Waals surface area contributed by atoms with Crippen LogP contribution in [-0.2, 0) is 9.47 Å². The van der Waals surface area contributed by atoms with Crippen molar-refractivity contribution in [3.05, 3.63) is 0 Å². The van der Waals surface area contributed by atoms with Gasteiger partial charge < -0.3 is 20.5 Å². The van der Waals surface area contributed by atoms with E-state index in [9.17, 15) is 0 Å². The Balaban J connectivity index is 2.15. The summed E-state index contributed by atoms with van der Waals surface area (Å²) in [4.78, 5) is 4.13. The van der Waals surface area contributed by atoms with Gasteiger partial charge in [0.1, 0.15) is 0 Å². The van der Waals surface area contributed by atoms with Crippen molar-refractivity contribution in [3.63, 3.8) is 0 Å². The minimum absolute atomic E-state index is 0.446. The number of ether oxygens (including phenoxy) is 2. The van der Waals surface area contributed by atoms with Gasteiger partial charge in [0.05, 0.1) is 13.2 Å². The molecule has 0 saturated carbocycles. The van der Waals surface area contributed by atoms with Crippen molar-refractivity contribution in [2.24, 2.45) is 10.7 Å². The molecular formula is C10H21N3O2. The first-order valence-electron chi connectivity index (χ1n) is 5.48. The fourth-order valence-electron chi connectivity index (χ4n) is 1.41. The summed E-state index contributed by atoms with van der Waals surface area (Å²) in [5.74, 6) is 0.0522. The SMILES string of the molecule is CCCN=C(N)NCCC1(C)OCCO1. The van der Waals surface area contributed by atoms with Gasteiger partial charge in [-0.3, -0.25) is 4.99 Å². The molecule has 0 aromatic carbocycles. The number of nitrogens with one attached hydrogen (secondary N) is 1. The number of nitrogens with two attached hydrogens (primary N) is 1. The number of aliphatic imine (C=N–C) groups is 1. The van der Waals surface area contributed by atoms with E-state index in [1.807, 2.05) is 6.92 Å². The molecule has 0 atom stereocenters. The molecule has 88 valence electrons. The third kappa shape index (κ3) is 4.48. The van der Waals surface area contributed by atoms with E-state index in [2.05, 4.69) is 17.2 Å². The van der Waals surface area contributed by atoms with Gasteiger partial charge in [0.25, 0.3) is 0 Å². The van der Waals surface area contributed by atoms with Crippen LogP contribution >= 0.6 is 0 Å². The van der Waals surface area contributed by atoms with E-state index >= 15 is 0 Å². The highest BCUT2D eigenvalue weighted by Crippen LogP contribution is 2.21. The van der Waals surface area contributed by atoms with Gasteiger partial charge in [0.15, 0.2) is 11.7 Å². The van der Waals surface area contributed by atoms with E-state index < -0.39 is 5.79 Å². The van der Waals surface area contributed by atoms with Crippen LogP contribution in [0.4, 0.5) is 0 Å². The summed E-state index contributed by atoms with van der Waals surface area (Å²) in [6.07, 6.45) is 1.78. The normalized spacial score (nSPS) is 20.5. The Morgan fingerprint density at radius 1 is 1.47 bits per heavy atom. The molecule has 1 saturated heterocycles. The largest absolute Gasteiger partial charge is 0.370 e. The minimum Gasteiger partial charge on any atom is -0.370 e. The molecule has 5 nitrogen and oxygen atoms in total. The molecule has 0 aliphatic carbocycles. The lowest BCUT2D eigenvalue weighted by molar-refractivity contribution is -0.145. The average molecular weight is 215 g/mol. The van der Waals surface area contributed by atoms with Gasteiger partial charge in [-0.15, -0.1) is 0 Å². The zero-order chi connectivity index (χ0) is 11.1. The Morgan fingerprint density at radius 2 is 2.13 bits per heavy atom. The van der Waals surface area contributed by atoms with Gasteiger partial charge in [0, 0.05) is 19.5 Å². The molecule has 0 radical (unpaired) electrons. The van der Waals surface area contributed by atoms with Crippen LogP contribution in [-0.4, -0.2) is 38.0 Å². The van der Waals surface area contributed by atoms with Crippen molar-refractivity contribution in [2.45, 2.75) is 32.5 Å². The first-order chi connectivity index (χ1) is 7.16. The van der Waals surface area contributed by atoms with Crippen molar-refractivity contribution in [3.8, 4) is 0 Å². The molecule has 1 aliphatic heterocycles. The quantitative estimate of drug-likeness (QED) is 0.516. The molecule has 1 aliphatic rings. The first kappa shape index (κ1) is 12.3. The van der Waals surface area contributed by atoms with Crippen LogP contribution in [0, 0.1) is 0 Å². The highest BCUT2D eigenvalue weighted by Gasteiger charge is 2.30. The highest BCUT2D eigenvalue weighted by molar-refractivity contribution is 5.77. The number of rotatable bonds is 5. The van der Waals surface area contributed by atoms with Gasteiger partial charge in [-0.2, -0.15) is 0 Å². The summed E-state index contributed by atoms with van der Waals surface area (Å²) < 4.78 is 10.9. The molecular weight excluding hydrogens is 194 g/mol. The van der Waals surface area contributed by atoms with E-state index in [1.165, 1.54) is 0 Å². The maximum Gasteiger partial charge on any atom is 0.188 e. The molecule has 0 aromatic rings. The van der Waals surface area contributed by atoms with Gasteiger partial charge in [-0.1, -0.05) is 6.92 Å². The van der Waals surface area contributed by atoms with Crippen LogP contribution in [0.1, 0.15) is 26.7 Å². The topological polar surface area (TPSA) is 68.9 Å². The molecule has 1 fully saturated rings. The van der Waals surface area contributed by atoms with E-state index in [0.717, 1.165) is 25.9 Å². The number of hydrogen-bond acceptors (Lipinski definition) is 3. The summed E-state index contributed by atoms with van der Waals surface area (Å²) in [5.41, 5.74) is 5.64. The van der Waals surface area contributed by atoms with Crippen LogP contribution in [0.5, 0.6) is 0 Å². The Bertz CT molecular complexity index is 213. The molecule has 3 N–H and O–H groups in total. The standard InChI is InChI=1S/C10H21N3O2/c1-3-5-12-9(11)13-6-4-10(2)14-7-8-15-10/h3-8H2,1-2H3,(H3,11,12,13). The van der Waals surface area contributed by atoms with Crippen LogP contribution in [0.2, 0.25) is 0 Å². The fourth-order valence-corrected chi connectivity index (χ4v) is 1.41. The molecule has 5 heteroatoms. The molecule has 0 amide bonds. The summed E-state index contributed by atoms with van der Waals surface area (Å²) in [6, 6.07) is 0. The maximum atomic E-state index is 5.64. The van der Waals surface area contributed by atoms with Crippen molar-refractivity contribution in [1.82, 2.24) is 5.32 Å². The van der Waals surface area contributed by atoms with E-state index in [4.69, 9.17) is 15.2 Å². The second-order valence-corrected chi connectivity index (χ2v) is 3.77. The summed E-state index contributed by atoms with van der Waals surface area (Å²) in [5, 5.41) is 3.04. The van der Waals surface area contributed by atoms with Crippen LogP contribution in [0.3, 0.4) is 0 Å². The highest BCUT2D eigenvalue weighted by atomic mass is 16.7. The molecule has 1 heterocycles. The lowest BCUT2D eigenvalue weighted by Gasteiger charge is -2.22. The van der Waals surface area contributed by atoms with Gasteiger partial charge in [0.2, 0.25) is 0 Å². The van der Waals surface area contributed by atoms with Gasteiger partial charge >= 0.3 is 0 Å². The van der Waals surface area contributed by atoms with E-state index in [1.54, 1.807) is 0 Å². The summed E-state index contributed by atoms with van der Waals surface area (Å²) in [7, 11) is 0. The Morgan fingerprint density at radius 3 is 2.73 bits per heavy atom. The first-order valence-corrected chi connectivity index (χ1v) is 5.48. The third-order valence-electron chi connectivity index (χ3n) is 2.29. The van der Waals surface area contributed by atoms with Crippen molar-refractivity contribution in [1.29, 1.82) is 0 Å². The van der Waals surface area contributed by atoms with Gasteiger partial charge in [-0.05, 0) is 13.3 Å². The lowest BCUT2D eigenvalue weighted by Crippen LogP contribution is -2.37. The average Bonchev–Trinajstić information content (AvgIpc) is 2.62. The van der Waals surface area contributed by atoms with Crippen molar-refractivity contribution < 1.29 is 9.47 Å². The number of guanidine groups is 1. The van der Waals surface area contributed by atoms with Crippen LogP contribution in [0.25, 0.3) is 0 Å². The summed E-state index contributed by atoms with van der Waals surface area (Å²) >= 11 is 0. The monoisotopic (exact) mass is 215 g/mol. The predicted octanol–water partition coefficient (Wildman–Crippen LogP) is 0.454. The molecule has 0 bridgehead atoms. The minimum atomic E-state index is -0.446. The molecule has 0 unspecified atom stereocenters. The number of hydrogen-bond donors (Lipinski definition) is 2.